The molecule has 11 heteroatoms. The molecule has 7 rings (SSSR count). The molecule has 10 nitrogen and oxygen atoms in total. The first-order valence-corrected chi connectivity index (χ1v) is 14.7. The molecule has 0 spiro atoms. The zero-order valence-corrected chi connectivity index (χ0v) is 24.3. The summed E-state index contributed by atoms with van der Waals surface area (Å²) in [7, 11) is 1.10. The van der Waals surface area contributed by atoms with E-state index in [-0.39, 0.29) is 25.2 Å². The van der Waals surface area contributed by atoms with Crippen molar-refractivity contribution in [2.24, 2.45) is 23.7 Å². The van der Waals surface area contributed by atoms with Crippen LogP contribution in [-0.2, 0) is 35.9 Å². The van der Waals surface area contributed by atoms with Crippen molar-refractivity contribution in [3.05, 3.63) is 100 Å². The van der Waals surface area contributed by atoms with E-state index in [4.69, 9.17) is 20.8 Å². The largest absolute Gasteiger partial charge is 0.463 e. The molecule has 5 amide bonds. The minimum absolute atomic E-state index is 0.0711. The van der Waals surface area contributed by atoms with Crippen molar-refractivity contribution >= 4 is 47.0 Å². The monoisotopic (exact) mass is 614 g/mol. The Bertz CT molecular complexity index is 1770. The van der Waals surface area contributed by atoms with Crippen LogP contribution in [0.2, 0.25) is 5.02 Å². The maximum Gasteiger partial charge on any atom is 0.423 e. The van der Waals surface area contributed by atoms with Crippen LogP contribution in [0, 0.1) is 23.7 Å². The molecule has 2 aliphatic carbocycles. The Labute approximate surface area is 256 Å². The number of rotatable bonds is 4. The average Bonchev–Trinajstić information content (AvgIpc) is 3.68. The SMILES string of the molecule is COC(=O)N1C(=O)[C@H]2[C@H](CC=C3[C@H]2C[C@H]2C(=O)N(c4cccc(Cl)c4)C(=O)[C@@]2(c2ccccc2)[C@H]3c2ccc(CO)o2)C1=O. The summed E-state index contributed by atoms with van der Waals surface area (Å²) < 4.78 is 10.9. The van der Waals surface area contributed by atoms with Gasteiger partial charge >= 0.3 is 6.09 Å². The zero-order chi connectivity index (χ0) is 30.9. The molecule has 2 saturated heterocycles. The van der Waals surface area contributed by atoms with E-state index >= 15 is 0 Å². The number of ether oxygens (including phenoxy) is 1. The third-order valence-electron chi connectivity index (χ3n) is 9.65. The number of fused-ring (bicyclic) bond motifs is 4. The fourth-order valence-corrected chi connectivity index (χ4v) is 8.14. The van der Waals surface area contributed by atoms with E-state index in [0.29, 0.717) is 32.5 Å². The predicted molar refractivity (Wildman–Crippen MR) is 155 cm³/mol. The van der Waals surface area contributed by atoms with Gasteiger partial charge in [-0.25, -0.2) is 9.69 Å². The fourth-order valence-electron chi connectivity index (χ4n) is 7.96. The molecule has 1 saturated carbocycles. The summed E-state index contributed by atoms with van der Waals surface area (Å²) in [4.78, 5) is 70.8. The van der Waals surface area contributed by atoms with Crippen molar-refractivity contribution in [2.75, 3.05) is 12.0 Å². The molecule has 1 aromatic heterocycles. The van der Waals surface area contributed by atoms with Crippen LogP contribution < -0.4 is 4.90 Å². The highest BCUT2D eigenvalue weighted by Crippen LogP contribution is 2.64. The molecule has 4 aliphatic rings. The van der Waals surface area contributed by atoms with Crippen LogP contribution in [0.1, 0.15) is 35.8 Å². The number of aliphatic hydroxyl groups is 1. The number of methoxy groups -OCH3 is 1. The van der Waals surface area contributed by atoms with Crippen LogP contribution >= 0.6 is 11.6 Å². The zero-order valence-electron chi connectivity index (χ0n) is 23.5. The molecule has 224 valence electrons. The van der Waals surface area contributed by atoms with E-state index < -0.39 is 64.7 Å². The first-order valence-electron chi connectivity index (χ1n) is 14.3. The highest BCUT2D eigenvalue weighted by atomic mass is 35.5. The van der Waals surface area contributed by atoms with Gasteiger partial charge in [0, 0.05) is 5.02 Å². The molecule has 2 aliphatic heterocycles. The molecule has 3 fully saturated rings. The maximum absolute atomic E-state index is 15.0. The van der Waals surface area contributed by atoms with E-state index in [1.165, 1.54) is 0 Å². The van der Waals surface area contributed by atoms with Gasteiger partial charge in [-0.05, 0) is 54.7 Å². The number of allylic oxidation sites excluding steroid dienone is 2. The van der Waals surface area contributed by atoms with Crippen molar-refractivity contribution in [2.45, 2.75) is 30.8 Å². The Morgan fingerprint density at radius 3 is 2.45 bits per heavy atom. The van der Waals surface area contributed by atoms with Crippen molar-refractivity contribution in [1.29, 1.82) is 0 Å². The number of furan rings is 1. The number of carbonyl (C=O) groups excluding carboxylic acids is 5. The number of nitrogens with zero attached hydrogens (tertiary/aromatic N) is 2. The Morgan fingerprint density at radius 2 is 1.77 bits per heavy atom. The van der Waals surface area contributed by atoms with Gasteiger partial charge in [-0.3, -0.25) is 19.2 Å². The lowest BCUT2D eigenvalue weighted by molar-refractivity contribution is -0.138. The van der Waals surface area contributed by atoms with E-state index in [9.17, 15) is 29.1 Å². The molecule has 3 aromatic rings. The summed E-state index contributed by atoms with van der Waals surface area (Å²) in [6, 6.07) is 18.8. The van der Waals surface area contributed by atoms with Gasteiger partial charge in [0.2, 0.25) is 23.6 Å². The number of hydrogen-bond acceptors (Lipinski definition) is 8. The molecular weight excluding hydrogens is 588 g/mol. The Balaban J connectivity index is 1.48. The summed E-state index contributed by atoms with van der Waals surface area (Å²) >= 11 is 6.30. The van der Waals surface area contributed by atoms with Crippen LogP contribution in [0.25, 0.3) is 0 Å². The maximum atomic E-state index is 15.0. The van der Waals surface area contributed by atoms with Gasteiger partial charge in [0.05, 0.1) is 36.5 Å². The van der Waals surface area contributed by atoms with Gasteiger partial charge in [-0.15, -0.1) is 0 Å². The molecule has 0 radical (unpaired) electrons. The first-order chi connectivity index (χ1) is 21.2. The molecule has 2 aromatic carbocycles. The Hall–Kier alpha value is -4.54. The molecule has 1 N–H and O–H groups in total. The standard InChI is InChI=1S/C33H27ClN2O8/c1-43-32(42)36-28(38)22-12-11-21-23(26(22)30(36)40)15-24-29(39)35(19-9-5-8-18(34)14-19)31(41)33(24,17-6-3-2-4-7-17)27(21)25-13-10-20(16-37)44-25/h2-11,13-14,22-24,26-27,37H,12,15-16H2,1H3/t22-,23+,24-,26-,27+,33+/m0/s1. The molecule has 0 bridgehead atoms. The van der Waals surface area contributed by atoms with Gasteiger partial charge in [0.15, 0.2) is 0 Å². The smallest absolute Gasteiger partial charge is 0.423 e. The lowest BCUT2D eigenvalue weighted by atomic mass is 9.50. The number of carbonyl (C=O) groups is 5. The Morgan fingerprint density at radius 1 is 1.00 bits per heavy atom. The topological polar surface area (TPSA) is 134 Å². The summed E-state index contributed by atoms with van der Waals surface area (Å²) in [5.41, 5.74) is 0.0809. The highest BCUT2D eigenvalue weighted by molar-refractivity contribution is 6.32. The Kier molecular flexibility index (Phi) is 6.60. The molecular formula is C33H27ClN2O8. The van der Waals surface area contributed by atoms with Crippen LogP contribution in [0.4, 0.5) is 10.5 Å². The summed E-state index contributed by atoms with van der Waals surface area (Å²) in [5, 5.41) is 10.2. The summed E-state index contributed by atoms with van der Waals surface area (Å²) in [6.07, 6.45) is 1.01. The fraction of sp³-hybridized carbons (Fsp3) is 0.303. The average molecular weight is 615 g/mol. The molecule has 6 atom stereocenters. The second-order valence-electron chi connectivity index (χ2n) is 11.5. The number of imide groups is 4. The number of anilines is 1. The third kappa shape index (κ3) is 3.74. The number of aliphatic hydroxyl groups excluding tert-OH is 1. The van der Waals surface area contributed by atoms with E-state index in [0.717, 1.165) is 12.0 Å². The van der Waals surface area contributed by atoms with E-state index in [1.54, 1.807) is 60.7 Å². The molecule has 44 heavy (non-hydrogen) atoms. The summed E-state index contributed by atoms with van der Waals surface area (Å²) in [5.74, 6) is -5.93. The van der Waals surface area contributed by atoms with Crippen LogP contribution in [0.15, 0.2) is 82.8 Å². The van der Waals surface area contributed by atoms with E-state index in [1.807, 2.05) is 12.1 Å². The first kappa shape index (κ1) is 28.2. The minimum atomic E-state index is -1.49. The van der Waals surface area contributed by atoms with Crippen LogP contribution in [0.5, 0.6) is 0 Å². The predicted octanol–water partition coefficient (Wildman–Crippen LogP) is 4.35. The normalized spacial score (nSPS) is 29.3. The number of benzene rings is 2. The van der Waals surface area contributed by atoms with Crippen molar-refractivity contribution in [1.82, 2.24) is 4.90 Å². The van der Waals surface area contributed by atoms with Crippen molar-refractivity contribution < 1.29 is 38.2 Å². The molecule has 3 heterocycles. The summed E-state index contributed by atoms with van der Waals surface area (Å²) in [6.45, 7) is -0.385. The number of likely N-dealkylation sites (tertiary alicyclic amines) is 1. The van der Waals surface area contributed by atoms with Gasteiger partial charge in [0.1, 0.15) is 23.5 Å². The lowest BCUT2D eigenvalue weighted by Crippen LogP contribution is -2.53. The van der Waals surface area contributed by atoms with Gasteiger partial charge in [-0.2, -0.15) is 4.90 Å². The number of halogens is 1. The van der Waals surface area contributed by atoms with Crippen molar-refractivity contribution in [3.8, 4) is 0 Å². The van der Waals surface area contributed by atoms with Gasteiger partial charge in [0.25, 0.3) is 0 Å². The van der Waals surface area contributed by atoms with Gasteiger partial charge in [-0.1, -0.05) is 59.6 Å². The quantitative estimate of drug-likeness (QED) is 0.339. The molecule has 0 unspecified atom stereocenters. The number of amides is 5. The second kappa shape index (κ2) is 10.3. The number of hydrogen-bond donors (Lipinski definition) is 1. The van der Waals surface area contributed by atoms with Crippen LogP contribution in [-0.4, -0.2) is 46.8 Å². The van der Waals surface area contributed by atoms with Crippen molar-refractivity contribution in [3.63, 3.8) is 0 Å². The minimum Gasteiger partial charge on any atom is -0.463 e. The second-order valence-corrected chi connectivity index (χ2v) is 12.0. The van der Waals surface area contributed by atoms with Gasteiger partial charge < -0.3 is 14.3 Å². The van der Waals surface area contributed by atoms with Crippen LogP contribution in [0.3, 0.4) is 0 Å². The van der Waals surface area contributed by atoms with E-state index in [2.05, 4.69) is 0 Å². The third-order valence-corrected chi connectivity index (χ3v) is 9.88. The highest BCUT2D eigenvalue weighted by Gasteiger charge is 2.71. The lowest BCUT2D eigenvalue weighted by Gasteiger charge is -2.49.